The van der Waals surface area contributed by atoms with Crippen LogP contribution in [0.2, 0.25) is 0 Å². The number of likely N-dealkylation sites (N-methyl/N-ethyl adjacent to an activating group) is 1. The summed E-state index contributed by atoms with van der Waals surface area (Å²) in [7, 11) is 4.33. The molecule has 1 aliphatic heterocycles. The molecule has 1 aliphatic carbocycles. The van der Waals surface area contributed by atoms with Crippen LogP contribution in [0.25, 0.3) is 0 Å². The van der Waals surface area contributed by atoms with Gasteiger partial charge in [0.25, 0.3) is 0 Å². The molecule has 3 N–H and O–H groups in total. The van der Waals surface area contributed by atoms with Gasteiger partial charge in [-0.25, -0.2) is 0 Å². The highest BCUT2D eigenvalue weighted by Crippen LogP contribution is 2.44. The molecular weight excluding hydrogens is 250 g/mol. The molecule has 0 aromatic rings. The molecule has 20 heavy (non-hydrogen) atoms. The van der Waals surface area contributed by atoms with Crippen molar-refractivity contribution in [1.29, 1.82) is 0 Å². The van der Waals surface area contributed by atoms with Gasteiger partial charge < -0.3 is 9.64 Å². The second-order valence-electron chi connectivity index (χ2n) is 7.24. The lowest BCUT2D eigenvalue weighted by molar-refractivity contribution is -0.107. The number of nitrogens with one attached hydrogen (secondary N) is 1. The molecule has 2 rings (SSSR count). The zero-order valence-corrected chi connectivity index (χ0v) is 13.7. The third kappa shape index (κ3) is 2.89. The van der Waals surface area contributed by atoms with Crippen molar-refractivity contribution in [2.24, 2.45) is 11.8 Å². The van der Waals surface area contributed by atoms with E-state index in [4.69, 9.17) is 10.6 Å². The number of hydrogen-bond donors (Lipinski definition) is 2. The predicted molar refractivity (Wildman–Crippen MR) is 83.4 cm³/mol. The van der Waals surface area contributed by atoms with E-state index in [-0.39, 0.29) is 11.1 Å². The zero-order valence-electron chi connectivity index (χ0n) is 13.7. The van der Waals surface area contributed by atoms with Gasteiger partial charge in [-0.2, -0.15) is 0 Å². The number of nitrogens with zero attached hydrogens (tertiary/aromatic N) is 1. The molecule has 0 aromatic heterocycles. The van der Waals surface area contributed by atoms with E-state index in [2.05, 4.69) is 38.3 Å². The van der Waals surface area contributed by atoms with Gasteiger partial charge in [0.05, 0.1) is 5.60 Å². The average molecular weight is 283 g/mol. The van der Waals surface area contributed by atoms with Gasteiger partial charge in [0.2, 0.25) is 0 Å². The van der Waals surface area contributed by atoms with Crippen LogP contribution >= 0.6 is 0 Å². The number of rotatable bonds is 5. The van der Waals surface area contributed by atoms with Crippen molar-refractivity contribution in [3.63, 3.8) is 0 Å². The molecule has 1 saturated carbocycles. The molecule has 4 nitrogen and oxygen atoms in total. The van der Waals surface area contributed by atoms with Crippen molar-refractivity contribution in [2.45, 2.75) is 76.0 Å². The molecule has 3 atom stereocenters. The van der Waals surface area contributed by atoms with Gasteiger partial charge in [-0.05, 0) is 59.0 Å². The number of nitrogens with two attached hydrogens (primary N) is 1. The van der Waals surface area contributed by atoms with E-state index in [1.54, 1.807) is 0 Å². The van der Waals surface area contributed by atoms with Crippen molar-refractivity contribution in [2.75, 3.05) is 20.7 Å². The largest absolute Gasteiger partial charge is 0.375 e. The van der Waals surface area contributed by atoms with Crippen LogP contribution in [-0.4, -0.2) is 42.8 Å². The minimum atomic E-state index is 0.0938. The molecule has 0 aromatic carbocycles. The summed E-state index contributed by atoms with van der Waals surface area (Å²) in [4.78, 5) is 2.33. The fourth-order valence-corrected chi connectivity index (χ4v) is 4.36. The Kier molecular flexibility index (Phi) is 5.11. The number of hydrogen-bond acceptors (Lipinski definition) is 4. The second kappa shape index (κ2) is 6.30. The smallest absolute Gasteiger partial charge is 0.0685 e. The first-order valence-corrected chi connectivity index (χ1v) is 8.25. The molecular formula is C16H33N3O. The molecule has 2 aliphatic rings. The van der Waals surface area contributed by atoms with Crippen LogP contribution in [0.15, 0.2) is 0 Å². The molecule has 1 saturated heterocycles. The lowest BCUT2D eigenvalue weighted by Crippen LogP contribution is -2.63. The maximum Gasteiger partial charge on any atom is 0.0685 e. The Morgan fingerprint density at radius 1 is 1.40 bits per heavy atom. The van der Waals surface area contributed by atoms with E-state index < -0.39 is 0 Å². The van der Waals surface area contributed by atoms with E-state index in [0.717, 1.165) is 19.4 Å². The first-order valence-electron chi connectivity index (χ1n) is 8.25. The maximum absolute atomic E-state index is 6.18. The lowest BCUT2D eigenvalue weighted by atomic mass is 9.73. The van der Waals surface area contributed by atoms with Gasteiger partial charge in [0.1, 0.15) is 0 Å². The van der Waals surface area contributed by atoms with Crippen LogP contribution in [0.1, 0.15) is 58.8 Å². The number of ether oxygens (including phenoxy) is 1. The van der Waals surface area contributed by atoms with Crippen LogP contribution in [0.5, 0.6) is 0 Å². The van der Waals surface area contributed by atoms with Crippen molar-refractivity contribution in [3.05, 3.63) is 0 Å². The van der Waals surface area contributed by atoms with Gasteiger partial charge in [0, 0.05) is 18.2 Å². The van der Waals surface area contributed by atoms with Crippen LogP contribution < -0.4 is 11.3 Å². The normalized spacial score (nSPS) is 30.6. The number of hydrazine groups is 1. The minimum Gasteiger partial charge on any atom is -0.375 e. The summed E-state index contributed by atoms with van der Waals surface area (Å²) in [6.07, 6.45) is 8.53. The summed E-state index contributed by atoms with van der Waals surface area (Å²) in [5.41, 5.74) is 3.41. The fourth-order valence-electron chi connectivity index (χ4n) is 4.36. The molecule has 1 spiro atoms. The van der Waals surface area contributed by atoms with Gasteiger partial charge in [-0.3, -0.25) is 11.3 Å². The Morgan fingerprint density at radius 2 is 2.05 bits per heavy atom. The van der Waals surface area contributed by atoms with E-state index in [1.807, 2.05) is 0 Å². The first kappa shape index (κ1) is 16.2. The molecule has 1 heterocycles. The lowest BCUT2D eigenvalue weighted by Gasteiger charge is -2.49. The molecule has 0 bridgehead atoms. The Balaban J connectivity index is 2.14. The zero-order chi connectivity index (χ0) is 14.8. The third-order valence-corrected chi connectivity index (χ3v) is 6.10. The molecule has 0 radical (unpaired) electrons. The van der Waals surface area contributed by atoms with E-state index in [0.29, 0.717) is 12.0 Å². The van der Waals surface area contributed by atoms with Crippen molar-refractivity contribution in [1.82, 2.24) is 10.3 Å². The summed E-state index contributed by atoms with van der Waals surface area (Å²) in [6.45, 7) is 5.49. The molecule has 118 valence electrons. The maximum atomic E-state index is 6.18. The van der Waals surface area contributed by atoms with E-state index >= 15 is 0 Å². The van der Waals surface area contributed by atoms with Gasteiger partial charge in [-0.15, -0.1) is 0 Å². The Morgan fingerprint density at radius 3 is 2.55 bits per heavy atom. The summed E-state index contributed by atoms with van der Waals surface area (Å²) in [5.74, 6) is 6.58. The van der Waals surface area contributed by atoms with Crippen LogP contribution in [0.3, 0.4) is 0 Å². The van der Waals surface area contributed by atoms with Gasteiger partial charge in [0.15, 0.2) is 0 Å². The van der Waals surface area contributed by atoms with E-state index in [9.17, 15) is 0 Å². The Hall–Kier alpha value is -0.160. The summed E-state index contributed by atoms with van der Waals surface area (Å²) < 4.78 is 6.18. The van der Waals surface area contributed by atoms with Gasteiger partial charge in [-0.1, -0.05) is 19.8 Å². The van der Waals surface area contributed by atoms with Crippen LogP contribution in [0, 0.1) is 5.92 Å². The highest BCUT2D eigenvalue weighted by molar-refractivity contribution is 5.01. The summed E-state index contributed by atoms with van der Waals surface area (Å²) in [6, 6.07) is 0.323. The van der Waals surface area contributed by atoms with Crippen molar-refractivity contribution >= 4 is 0 Å². The second-order valence-corrected chi connectivity index (χ2v) is 7.24. The highest BCUT2D eigenvalue weighted by atomic mass is 16.5. The van der Waals surface area contributed by atoms with Gasteiger partial charge >= 0.3 is 0 Å². The Bertz CT molecular complexity index is 315. The first-order chi connectivity index (χ1) is 9.47. The SMILES string of the molecule is CCC(C)(C(NN)C1CCOC2(CCCC2)C1)N(C)C. The topological polar surface area (TPSA) is 50.5 Å². The predicted octanol–water partition coefficient (Wildman–Crippen LogP) is 2.29. The average Bonchev–Trinajstić information content (AvgIpc) is 2.87. The Labute approximate surface area is 124 Å². The standard InChI is InChI=1S/C16H33N3O/c1-5-15(2,19(3)4)14(18-17)13-8-11-20-16(12-13)9-6-7-10-16/h13-14,18H,5-12,17H2,1-4H3. The van der Waals surface area contributed by atoms with Crippen molar-refractivity contribution < 1.29 is 4.74 Å². The third-order valence-electron chi connectivity index (χ3n) is 6.10. The molecule has 3 unspecified atom stereocenters. The van der Waals surface area contributed by atoms with E-state index in [1.165, 1.54) is 32.1 Å². The quantitative estimate of drug-likeness (QED) is 0.600. The minimum absolute atomic E-state index is 0.0938. The molecule has 4 heteroatoms. The van der Waals surface area contributed by atoms with Crippen molar-refractivity contribution in [3.8, 4) is 0 Å². The summed E-state index contributed by atoms with van der Waals surface area (Å²) in [5, 5.41) is 0. The molecule has 0 amide bonds. The molecule has 2 fully saturated rings. The van der Waals surface area contributed by atoms with Crippen LogP contribution in [0.4, 0.5) is 0 Å². The van der Waals surface area contributed by atoms with Crippen LogP contribution in [-0.2, 0) is 4.74 Å². The highest BCUT2D eigenvalue weighted by Gasteiger charge is 2.46. The monoisotopic (exact) mass is 283 g/mol. The summed E-state index contributed by atoms with van der Waals surface area (Å²) >= 11 is 0. The fraction of sp³-hybridized carbons (Fsp3) is 1.00.